The van der Waals surface area contributed by atoms with Crippen molar-refractivity contribution in [2.45, 2.75) is 31.4 Å². The van der Waals surface area contributed by atoms with Gasteiger partial charge in [-0.1, -0.05) is 30.3 Å². The number of hydrogen-bond acceptors (Lipinski definition) is 3. The van der Waals surface area contributed by atoms with Crippen LogP contribution < -0.4 is 9.47 Å². The Balaban J connectivity index is 1.51. The summed E-state index contributed by atoms with van der Waals surface area (Å²) in [6.07, 6.45) is 2.31. The van der Waals surface area contributed by atoms with Gasteiger partial charge in [-0.15, -0.1) is 0 Å². The van der Waals surface area contributed by atoms with Crippen LogP contribution in [-0.4, -0.2) is 30.6 Å². The molecule has 0 radical (unpaired) electrons. The summed E-state index contributed by atoms with van der Waals surface area (Å²) in [6, 6.07) is 16.1. The summed E-state index contributed by atoms with van der Waals surface area (Å²) >= 11 is 0. The Morgan fingerprint density at radius 2 is 1.96 bits per heavy atom. The summed E-state index contributed by atoms with van der Waals surface area (Å²) < 4.78 is 11.1. The van der Waals surface area contributed by atoms with Crippen molar-refractivity contribution in [2.24, 2.45) is 0 Å². The highest BCUT2D eigenvalue weighted by Crippen LogP contribution is 2.36. The van der Waals surface area contributed by atoms with Crippen LogP contribution in [0.2, 0.25) is 0 Å². The summed E-state index contributed by atoms with van der Waals surface area (Å²) in [5.41, 5.74) is 2.29. The predicted octanol–water partition coefficient (Wildman–Crippen LogP) is 3.36. The normalized spacial score (nSPS) is 22.1. The fourth-order valence-electron chi connectivity index (χ4n) is 3.71. The van der Waals surface area contributed by atoms with E-state index in [1.165, 1.54) is 0 Å². The highest BCUT2D eigenvalue weighted by Gasteiger charge is 2.37. The molecule has 0 saturated carbocycles. The van der Waals surface area contributed by atoms with Crippen molar-refractivity contribution >= 4 is 5.91 Å². The van der Waals surface area contributed by atoms with E-state index in [1.54, 1.807) is 7.11 Å². The molecule has 2 heterocycles. The number of amides is 1. The first kappa shape index (κ1) is 15.1. The molecule has 0 aromatic heterocycles. The van der Waals surface area contributed by atoms with Crippen LogP contribution >= 0.6 is 0 Å². The second kappa shape index (κ2) is 6.19. The minimum atomic E-state index is -0.388. The Labute approximate surface area is 142 Å². The fraction of sp³-hybridized carbons (Fsp3) is 0.350. The van der Waals surface area contributed by atoms with Crippen LogP contribution in [0.3, 0.4) is 0 Å². The van der Waals surface area contributed by atoms with Gasteiger partial charge in [-0.2, -0.15) is 0 Å². The van der Waals surface area contributed by atoms with Crippen LogP contribution in [0.4, 0.5) is 0 Å². The van der Waals surface area contributed by atoms with Crippen LogP contribution in [0.1, 0.15) is 30.0 Å². The third-order valence-electron chi connectivity index (χ3n) is 4.96. The van der Waals surface area contributed by atoms with Gasteiger partial charge < -0.3 is 14.4 Å². The highest BCUT2D eigenvalue weighted by atomic mass is 16.5. The Morgan fingerprint density at radius 3 is 2.71 bits per heavy atom. The van der Waals surface area contributed by atoms with Gasteiger partial charge in [0.1, 0.15) is 11.5 Å². The fourth-order valence-corrected chi connectivity index (χ4v) is 3.71. The molecule has 0 bridgehead atoms. The molecule has 4 nitrogen and oxygen atoms in total. The average Bonchev–Trinajstić information content (AvgIpc) is 3.28. The SMILES string of the molecule is COc1ccc([C@H]2CCCN2C(=O)[C@H]2Cc3ccccc3O2)cc1. The molecule has 1 fully saturated rings. The lowest BCUT2D eigenvalue weighted by Gasteiger charge is -2.27. The third-order valence-corrected chi connectivity index (χ3v) is 4.96. The standard InChI is InChI=1S/C20H21NO3/c1-23-16-10-8-14(9-11-16)17-6-4-12-21(17)20(22)19-13-15-5-2-3-7-18(15)24-19/h2-3,5,7-11,17,19H,4,6,12-13H2,1H3/t17-,19-/m1/s1. The lowest BCUT2D eigenvalue weighted by Crippen LogP contribution is -2.40. The number of methoxy groups -OCH3 is 1. The number of benzene rings is 2. The van der Waals surface area contributed by atoms with Crippen LogP contribution in [-0.2, 0) is 11.2 Å². The Hall–Kier alpha value is -2.49. The van der Waals surface area contributed by atoms with Gasteiger partial charge in [0, 0.05) is 13.0 Å². The Morgan fingerprint density at radius 1 is 1.17 bits per heavy atom. The number of rotatable bonds is 3. The summed E-state index contributed by atoms with van der Waals surface area (Å²) in [7, 11) is 1.66. The smallest absolute Gasteiger partial charge is 0.264 e. The first-order valence-corrected chi connectivity index (χ1v) is 8.45. The van der Waals surface area contributed by atoms with Crippen molar-refractivity contribution in [1.29, 1.82) is 0 Å². The molecule has 2 aliphatic heterocycles. The number of carbonyl (C=O) groups excluding carboxylic acids is 1. The molecule has 1 saturated heterocycles. The first-order chi connectivity index (χ1) is 11.8. The van der Waals surface area contributed by atoms with Crippen LogP contribution in [0.25, 0.3) is 0 Å². The van der Waals surface area contributed by atoms with E-state index in [9.17, 15) is 4.79 Å². The second-order valence-corrected chi connectivity index (χ2v) is 6.38. The molecular weight excluding hydrogens is 302 g/mol. The quantitative estimate of drug-likeness (QED) is 0.869. The molecule has 124 valence electrons. The van der Waals surface area contributed by atoms with E-state index in [0.29, 0.717) is 6.42 Å². The zero-order chi connectivity index (χ0) is 16.5. The molecule has 2 aromatic carbocycles. The second-order valence-electron chi connectivity index (χ2n) is 6.38. The molecule has 0 N–H and O–H groups in total. The van der Waals surface area contributed by atoms with E-state index in [4.69, 9.17) is 9.47 Å². The van der Waals surface area contributed by atoms with Gasteiger partial charge in [0.15, 0.2) is 6.10 Å². The number of nitrogens with zero attached hydrogens (tertiary/aromatic N) is 1. The van der Waals surface area contributed by atoms with Gasteiger partial charge >= 0.3 is 0 Å². The molecule has 0 spiro atoms. The monoisotopic (exact) mass is 323 g/mol. The zero-order valence-electron chi connectivity index (χ0n) is 13.8. The maximum absolute atomic E-state index is 13.0. The van der Waals surface area contributed by atoms with Crippen LogP contribution in [0, 0.1) is 0 Å². The summed E-state index contributed by atoms with van der Waals surface area (Å²) in [5.74, 6) is 1.78. The third kappa shape index (κ3) is 2.62. The van der Waals surface area contributed by atoms with Crippen LogP contribution in [0.15, 0.2) is 48.5 Å². The maximum Gasteiger partial charge on any atom is 0.264 e. The van der Waals surface area contributed by atoms with Gasteiger partial charge in [-0.3, -0.25) is 4.79 Å². The van der Waals surface area contributed by atoms with E-state index < -0.39 is 0 Å². The average molecular weight is 323 g/mol. The van der Waals surface area contributed by atoms with Crippen molar-refractivity contribution in [1.82, 2.24) is 4.90 Å². The number of hydrogen-bond donors (Lipinski definition) is 0. The van der Waals surface area contributed by atoms with Gasteiger partial charge in [0.2, 0.25) is 0 Å². The molecule has 0 unspecified atom stereocenters. The molecule has 24 heavy (non-hydrogen) atoms. The summed E-state index contributed by atoms with van der Waals surface area (Å²) in [4.78, 5) is 15.0. The molecule has 4 rings (SSSR count). The minimum Gasteiger partial charge on any atom is -0.497 e. The molecule has 4 heteroatoms. The van der Waals surface area contributed by atoms with Gasteiger partial charge in [-0.05, 0) is 42.2 Å². The number of ether oxygens (including phenoxy) is 2. The van der Waals surface area contributed by atoms with Crippen molar-refractivity contribution in [3.63, 3.8) is 0 Å². The maximum atomic E-state index is 13.0. The summed E-state index contributed by atoms with van der Waals surface area (Å²) in [5, 5.41) is 0. The lowest BCUT2D eigenvalue weighted by molar-refractivity contribution is -0.138. The largest absolute Gasteiger partial charge is 0.497 e. The van der Waals surface area contributed by atoms with E-state index >= 15 is 0 Å². The van der Waals surface area contributed by atoms with E-state index in [2.05, 4.69) is 12.1 Å². The topological polar surface area (TPSA) is 38.8 Å². The molecule has 1 amide bonds. The summed E-state index contributed by atoms with van der Waals surface area (Å²) in [6.45, 7) is 0.797. The molecule has 2 atom stereocenters. The zero-order valence-corrected chi connectivity index (χ0v) is 13.8. The predicted molar refractivity (Wildman–Crippen MR) is 91.2 cm³/mol. The van der Waals surface area contributed by atoms with Crippen LogP contribution in [0.5, 0.6) is 11.5 Å². The Bertz CT molecular complexity index is 716. The molecule has 2 aliphatic rings. The van der Waals surface area contributed by atoms with Gasteiger partial charge in [-0.25, -0.2) is 0 Å². The van der Waals surface area contributed by atoms with Crippen molar-refractivity contribution < 1.29 is 14.3 Å². The van der Waals surface area contributed by atoms with Gasteiger partial charge in [0.05, 0.1) is 13.2 Å². The van der Waals surface area contributed by atoms with Gasteiger partial charge in [0.25, 0.3) is 5.91 Å². The highest BCUT2D eigenvalue weighted by molar-refractivity contribution is 5.83. The number of likely N-dealkylation sites (tertiary alicyclic amines) is 1. The molecule has 0 aliphatic carbocycles. The number of carbonyl (C=O) groups is 1. The number of para-hydroxylation sites is 1. The molecular formula is C20H21NO3. The minimum absolute atomic E-state index is 0.101. The van der Waals surface area contributed by atoms with E-state index in [0.717, 1.165) is 42.0 Å². The first-order valence-electron chi connectivity index (χ1n) is 8.45. The van der Waals surface area contributed by atoms with E-state index in [1.807, 2.05) is 41.3 Å². The van der Waals surface area contributed by atoms with E-state index in [-0.39, 0.29) is 18.1 Å². The lowest BCUT2D eigenvalue weighted by atomic mass is 10.0. The Kier molecular flexibility index (Phi) is 3.89. The molecule has 2 aromatic rings. The van der Waals surface area contributed by atoms with Crippen molar-refractivity contribution in [2.75, 3.05) is 13.7 Å². The van der Waals surface area contributed by atoms with Crippen molar-refractivity contribution in [3.8, 4) is 11.5 Å². The van der Waals surface area contributed by atoms with Crippen molar-refractivity contribution in [3.05, 3.63) is 59.7 Å². The number of fused-ring (bicyclic) bond motifs is 1.